The van der Waals surface area contributed by atoms with Crippen LogP contribution in [-0.2, 0) is 9.59 Å². The van der Waals surface area contributed by atoms with E-state index in [1.54, 1.807) is 32.1 Å². The van der Waals surface area contributed by atoms with Crippen molar-refractivity contribution in [2.24, 2.45) is 5.41 Å². The Kier molecular flexibility index (Phi) is 2.36. The molecule has 0 heterocycles. The van der Waals surface area contributed by atoms with Crippen molar-refractivity contribution in [3.05, 3.63) is 23.8 Å². The Labute approximate surface area is 76.8 Å². The zero-order valence-corrected chi connectivity index (χ0v) is 7.70. The first-order valence-electron chi connectivity index (χ1n) is 4.08. The lowest BCUT2D eigenvalue weighted by Crippen LogP contribution is -2.27. The molecule has 1 aliphatic carbocycles. The molecule has 0 amide bonds. The average molecular weight is 180 g/mol. The summed E-state index contributed by atoms with van der Waals surface area (Å²) in [5.41, 5.74) is -0.438. The van der Waals surface area contributed by atoms with E-state index in [1.165, 1.54) is 0 Å². The molecule has 1 atom stereocenters. The largest absolute Gasteiger partial charge is 0.481 e. The van der Waals surface area contributed by atoms with Crippen molar-refractivity contribution < 1.29 is 14.7 Å². The number of hydrogen-bond acceptors (Lipinski definition) is 2. The molecule has 0 bridgehead atoms. The summed E-state index contributed by atoms with van der Waals surface area (Å²) in [7, 11) is 0. The van der Waals surface area contributed by atoms with Gasteiger partial charge >= 0.3 is 5.97 Å². The maximum atomic E-state index is 11.4. The van der Waals surface area contributed by atoms with E-state index in [0.29, 0.717) is 5.57 Å². The molecule has 0 aromatic heterocycles. The van der Waals surface area contributed by atoms with Crippen molar-refractivity contribution in [1.29, 1.82) is 0 Å². The van der Waals surface area contributed by atoms with Gasteiger partial charge in [0.25, 0.3) is 0 Å². The van der Waals surface area contributed by atoms with Gasteiger partial charge in [0.05, 0.1) is 5.41 Å². The highest BCUT2D eigenvalue weighted by atomic mass is 16.4. The molecule has 70 valence electrons. The SMILES string of the molecule is CC1=CC=CC(C)(C(=O)O)CC1=O. The molecule has 0 spiro atoms. The fourth-order valence-corrected chi connectivity index (χ4v) is 1.18. The van der Waals surface area contributed by atoms with Gasteiger partial charge in [0.1, 0.15) is 0 Å². The van der Waals surface area contributed by atoms with Gasteiger partial charge in [-0.15, -0.1) is 0 Å². The van der Waals surface area contributed by atoms with Crippen LogP contribution >= 0.6 is 0 Å². The lowest BCUT2D eigenvalue weighted by atomic mass is 9.85. The van der Waals surface area contributed by atoms with E-state index in [4.69, 9.17) is 5.11 Å². The van der Waals surface area contributed by atoms with Crippen molar-refractivity contribution in [3.63, 3.8) is 0 Å². The summed E-state index contributed by atoms with van der Waals surface area (Å²) in [6, 6.07) is 0. The molecule has 1 N–H and O–H groups in total. The molecule has 0 radical (unpaired) electrons. The van der Waals surface area contributed by atoms with Crippen molar-refractivity contribution in [3.8, 4) is 0 Å². The van der Waals surface area contributed by atoms with Crippen LogP contribution in [0.25, 0.3) is 0 Å². The van der Waals surface area contributed by atoms with Crippen molar-refractivity contribution in [1.82, 2.24) is 0 Å². The maximum Gasteiger partial charge on any atom is 0.313 e. The number of rotatable bonds is 1. The van der Waals surface area contributed by atoms with Crippen LogP contribution in [0.5, 0.6) is 0 Å². The first-order chi connectivity index (χ1) is 5.96. The van der Waals surface area contributed by atoms with Crippen LogP contribution in [0.4, 0.5) is 0 Å². The van der Waals surface area contributed by atoms with Gasteiger partial charge in [0, 0.05) is 6.42 Å². The van der Waals surface area contributed by atoms with Crippen LogP contribution in [0, 0.1) is 5.41 Å². The third kappa shape index (κ3) is 1.86. The molecule has 0 saturated carbocycles. The minimum atomic E-state index is -1.05. The average Bonchev–Trinajstić information content (AvgIpc) is 2.14. The quantitative estimate of drug-likeness (QED) is 0.666. The van der Waals surface area contributed by atoms with Gasteiger partial charge in [-0.3, -0.25) is 9.59 Å². The normalized spacial score (nSPS) is 28.2. The van der Waals surface area contributed by atoms with E-state index in [1.807, 2.05) is 0 Å². The third-order valence-electron chi connectivity index (χ3n) is 2.27. The Bertz CT molecular complexity index is 312. The van der Waals surface area contributed by atoms with Gasteiger partial charge < -0.3 is 5.11 Å². The number of allylic oxidation sites excluding steroid dienone is 3. The predicted octanol–water partition coefficient (Wildman–Crippen LogP) is 1.55. The summed E-state index contributed by atoms with van der Waals surface area (Å²) in [5, 5.41) is 8.90. The number of Topliss-reactive ketones (excluding diaryl/α,β-unsaturated/α-hetero) is 1. The summed E-state index contributed by atoms with van der Waals surface area (Å²) in [6.07, 6.45) is 4.88. The summed E-state index contributed by atoms with van der Waals surface area (Å²) in [4.78, 5) is 22.2. The molecule has 1 unspecified atom stereocenters. The molecule has 1 rings (SSSR count). The van der Waals surface area contributed by atoms with Crippen LogP contribution in [0.1, 0.15) is 20.3 Å². The minimum Gasteiger partial charge on any atom is -0.481 e. The Hall–Kier alpha value is -1.38. The topological polar surface area (TPSA) is 54.4 Å². The molecule has 1 aliphatic rings. The standard InChI is InChI=1S/C10H12O3/c1-7-4-3-5-10(2,9(12)13)6-8(7)11/h3-5H,6H2,1-2H3,(H,12,13). The van der Waals surface area contributed by atoms with Gasteiger partial charge in [-0.2, -0.15) is 0 Å². The van der Waals surface area contributed by atoms with Crippen LogP contribution in [0.15, 0.2) is 23.8 Å². The van der Waals surface area contributed by atoms with Crippen LogP contribution in [0.2, 0.25) is 0 Å². The second-order valence-electron chi connectivity index (χ2n) is 3.53. The number of carbonyl (C=O) groups excluding carboxylic acids is 1. The Morgan fingerprint density at radius 3 is 2.77 bits per heavy atom. The Morgan fingerprint density at radius 2 is 2.23 bits per heavy atom. The zero-order valence-electron chi connectivity index (χ0n) is 7.70. The van der Waals surface area contributed by atoms with Crippen LogP contribution in [-0.4, -0.2) is 16.9 Å². The van der Waals surface area contributed by atoms with Crippen LogP contribution < -0.4 is 0 Å². The third-order valence-corrected chi connectivity index (χ3v) is 2.27. The van der Waals surface area contributed by atoms with Gasteiger partial charge in [0.15, 0.2) is 5.78 Å². The maximum absolute atomic E-state index is 11.4. The fourth-order valence-electron chi connectivity index (χ4n) is 1.18. The summed E-state index contributed by atoms with van der Waals surface area (Å²) >= 11 is 0. The smallest absolute Gasteiger partial charge is 0.313 e. The molecule has 0 aliphatic heterocycles. The summed E-state index contributed by atoms with van der Waals surface area (Å²) < 4.78 is 0. The fraction of sp³-hybridized carbons (Fsp3) is 0.400. The predicted molar refractivity (Wildman–Crippen MR) is 48.3 cm³/mol. The summed E-state index contributed by atoms with van der Waals surface area (Å²) in [5.74, 6) is -1.06. The minimum absolute atomic E-state index is 0.0428. The highest BCUT2D eigenvalue weighted by molar-refractivity contribution is 5.99. The molecule has 0 fully saturated rings. The van der Waals surface area contributed by atoms with Crippen molar-refractivity contribution in [2.75, 3.05) is 0 Å². The van der Waals surface area contributed by atoms with Gasteiger partial charge in [-0.25, -0.2) is 0 Å². The molecule has 13 heavy (non-hydrogen) atoms. The van der Waals surface area contributed by atoms with Gasteiger partial charge in [-0.05, 0) is 19.4 Å². The lowest BCUT2D eigenvalue weighted by molar-refractivity contribution is -0.147. The number of aliphatic carboxylic acids is 1. The molecular weight excluding hydrogens is 168 g/mol. The number of ketones is 1. The highest BCUT2D eigenvalue weighted by Crippen LogP contribution is 2.27. The summed E-state index contributed by atoms with van der Waals surface area (Å²) in [6.45, 7) is 3.25. The second kappa shape index (κ2) is 3.17. The Balaban J connectivity index is 2.99. The van der Waals surface area contributed by atoms with Crippen LogP contribution in [0.3, 0.4) is 0 Å². The van der Waals surface area contributed by atoms with Crippen molar-refractivity contribution >= 4 is 11.8 Å². The number of carbonyl (C=O) groups is 2. The van der Waals surface area contributed by atoms with Gasteiger partial charge in [-0.1, -0.05) is 18.2 Å². The highest BCUT2D eigenvalue weighted by Gasteiger charge is 2.33. The van der Waals surface area contributed by atoms with Gasteiger partial charge in [0.2, 0.25) is 0 Å². The molecule has 0 aromatic carbocycles. The van der Waals surface area contributed by atoms with E-state index in [9.17, 15) is 9.59 Å². The van der Waals surface area contributed by atoms with E-state index in [-0.39, 0.29) is 12.2 Å². The number of hydrogen-bond donors (Lipinski definition) is 1. The van der Waals surface area contributed by atoms with Crippen molar-refractivity contribution in [2.45, 2.75) is 20.3 Å². The molecule has 0 aromatic rings. The first-order valence-corrected chi connectivity index (χ1v) is 4.08. The monoisotopic (exact) mass is 180 g/mol. The Morgan fingerprint density at radius 1 is 1.62 bits per heavy atom. The zero-order chi connectivity index (χ0) is 10.1. The lowest BCUT2D eigenvalue weighted by Gasteiger charge is -2.17. The number of carboxylic acids is 1. The molecule has 3 heteroatoms. The second-order valence-corrected chi connectivity index (χ2v) is 3.53. The molecule has 0 saturated heterocycles. The first kappa shape index (κ1) is 9.71. The van der Waals surface area contributed by atoms with E-state index in [2.05, 4.69) is 0 Å². The van der Waals surface area contributed by atoms with E-state index < -0.39 is 11.4 Å². The molecular formula is C10H12O3. The molecule has 3 nitrogen and oxygen atoms in total. The number of carboxylic acid groups (broad SMARTS) is 1. The van der Waals surface area contributed by atoms with E-state index in [0.717, 1.165) is 0 Å². The van der Waals surface area contributed by atoms with E-state index >= 15 is 0 Å².